The lowest BCUT2D eigenvalue weighted by Crippen LogP contribution is -2.59. The van der Waals surface area contributed by atoms with Crippen LogP contribution >= 0.6 is 0 Å². The molecule has 1 amide bonds. The molecule has 0 aromatic heterocycles. The molecule has 122 valence electrons. The number of piperazine rings is 1. The molecule has 1 heterocycles. The fraction of sp³-hybridized carbons (Fsp3) is 0.588. The summed E-state index contributed by atoms with van der Waals surface area (Å²) in [5.74, 6) is -0.322. The minimum Gasteiger partial charge on any atom is -0.336 e. The van der Waals surface area contributed by atoms with E-state index in [0.29, 0.717) is 30.7 Å². The second kappa shape index (κ2) is 7.20. The number of halogens is 1. The molecule has 4 nitrogen and oxygen atoms in total. The first-order valence-electron chi connectivity index (χ1n) is 7.84. The van der Waals surface area contributed by atoms with E-state index >= 15 is 0 Å². The molecule has 22 heavy (non-hydrogen) atoms. The summed E-state index contributed by atoms with van der Waals surface area (Å²) >= 11 is 0. The van der Waals surface area contributed by atoms with Crippen LogP contribution in [-0.4, -0.2) is 73.0 Å². The average Bonchev–Trinajstić information content (AvgIpc) is 2.46. The lowest BCUT2D eigenvalue weighted by molar-refractivity contribution is 0.0283. The van der Waals surface area contributed by atoms with Gasteiger partial charge in [0.1, 0.15) is 5.82 Å². The predicted octanol–water partition coefficient (Wildman–Crippen LogP) is 1.92. The molecule has 0 spiro atoms. The van der Waals surface area contributed by atoms with Gasteiger partial charge in [-0.05, 0) is 52.2 Å². The molecule has 1 aliphatic rings. The lowest BCUT2D eigenvalue weighted by Gasteiger charge is -2.44. The maximum Gasteiger partial charge on any atom is 0.253 e. The van der Waals surface area contributed by atoms with Gasteiger partial charge < -0.3 is 9.80 Å². The van der Waals surface area contributed by atoms with Gasteiger partial charge in [-0.25, -0.2) is 4.39 Å². The summed E-state index contributed by atoms with van der Waals surface area (Å²) in [5.41, 5.74) is 0.558. The summed E-state index contributed by atoms with van der Waals surface area (Å²) in [7, 11) is 4.15. The summed E-state index contributed by atoms with van der Waals surface area (Å²) < 4.78 is 13.0. The van der Waals surface area contributed by atoms with Crippen molar-refractivity contribution in [3.63, 3.8) is 0 Å². The highest BCUT2D eigenvalue weighted by molar-refractivity contribution is 5.94. The molecule has 1 aromatic carbocycles. The largest absolute Gasteiger partial charge is 0.336 e. The van der Waals surface area contributed by atoms with Crippen molar-refractivity contribution in [1.82, 2.24) is 14.7 Å². The van der Waals surface area contributed by atoms with Crippen LogP contribution in [0.1, 0.15) is 24.2 Å². The maximum absolute atomic E-state index is 13.0. The van der Waals surface area contributed by atoms with E-state index in [4.69, 9.17) is 0 Å². The van der Waals surface area contributed by atoms with E-state index in [0.717, 1.165) is 13.1 Å². The number of likely N-dealkylation sites (N-methyl/N-ethyl adjacent to an activating group) is 1. The predicted molar refractivity (Wildman–Crippen MR) is 86.5 cm³/mol. The Morgan fingerprint density at radius 2 is 1.73 bits per heavy atom. The van der Waals surface area contributed by atoms with Crippen molar-refractivity contribution in [1.29, 1.82) is 0 Å². The van der Waals surface area contributed by atoms with E-state index in [9.17, 15) is 9.18 Å². The van der Waals surface area contributed by atoms with Crippen molar-refractivity contribution in [3.8, 4) is 0 Å². The van der Waals surface area contributed by atoms with E-state index in [1.807, 2.05) is 4.90 Å². The zero-order valence-corrected chi connectivity index (χ0v) is 13.9. The first-order valence-corrected chi connectivity index (χ1v) is 7.84. The van der Waals surface area contributed by atoms with Gasteiger partial charge in [0.25, 0.3) is 5.91 Å². The Hall–Kier alpha value is -1.46. The molecule has 0 bridgehead atoms. The van der Waals surface area contributed by atoms with Gasteiger partial charge >= 0.3 is 0 Å². The molecular weight excluding hydrogens is 281 g/mol. The zero-order chi connectivity index (χ0) is 16.3. The summed E-state index contributed by atoms with van der Waals surface area (Å²) in [5, 5.41) is 0. The molecule has 5 heteroatoms. The zero-order valence-electron chi connectivity index (χ0n) is 13.9. The van der Waals surface area contributed by atoms with Gasteiger partial charge in [0.2, 0.25) is 0 Å². The second-order valence-corrected chi connectivity index (χ2v) is 6.46. The summed E-state index contributed by atoms with van der Waals surface area (Å²) in [4.78, 5) is 19.1. The van der Waals surface area contributed by atoms with E-state index < -0.39 is 0 Å². The van der Waals surface area contributed by atoms with Crippen molar-refractivity contribution in [2.45, 2.75) is 25.9 Å². The minimum absolute atomic E-state index is 0.00837. The molecule has 0 saturated carbocycles. The van der Waals surface area contributed by atoms with E-state index in [1.54, 1.807) is 12.1 Å². The third-order valence-corrected chi connectivity index (χ3v) is 4.29. The average molecular weight is 307 g/mol. The molecule has 2 rings (SSSR count). The maximum atomic E-state index is 13.0. The molecule has 0 radical (unpaired) electrons. The van der Waals surface area contributed by atoms with Crippen molar-refractivity contribution >= 4 is 5.91 Å². The fourth-order valence-corrected chi connectivity index (χ4v) is 3.05. The Kier molecular flexibility index (Phi) is 5.53. The number of amides is 1. The molecule has 0 aliphatic carbocycles. The number of rotatable bonds is 4. The molecule has 2 unspecified atom stereocenters. The van der Waals surface area contributed by atoms with E-state index in [-0.39, 0.29) is 11.7 Å². The second-order valence-electron chi connectivity index (χ2n) is 6.46. The van der Waals surface area contributed by atoms with Crippen LogP contribution in [0.25, 0.3) is 0 Å². The molecule has 0 N–H and O–H groups in total. The lowest BCUT2D eigenvalue weighted by atomic mass is 10.1. The number of nitrogens with zero attached hydrogens (tertiary/aromatic N) is 3. The Morgan fingerprint density at radius 1 is 1.18 bits per heavy atom. The topological polar surface area (TPSA) is 26.8 Å². The summed E-state index contributed by atoms with van der Waals surface area (Å²) in [6.45, 7) is 7.78. The van der Waals surface area contributed by atoms with Crippen LogP contribution in [0.2, 0.25) is 0 Å². The van der Waals surface area contributed by atoms with Crippen molar-refractivity contribution in [2.24, 2.45) is 0 Å². The van der Waals surface area contributed by atoms with Gasteiger partial charge in [0.05, 0.1) is 0 Å². The van der Waals surface area contributed by atoms with Crippen molar-refractivity contribution in [3.05, 3.63) is 35.6 Å². The molecule has 1 aliphatic heterocycles. The van der Waals surface area contributed by atoms with Crippen LogP contribution in [0.4, 0.5) is 4.39 Å². The molecule has 2 atom stereocenters. The smallest absolute Gasteiger partial charge is 0.253 e. The first-order chi connectivity index (χ1) is 10.4. The minimum atomic E-state index is -0.313. The quantitative estimate of drug-likeness (QED) is 0.850. The monoisotopic (exact) mass is 307 g/mol. The Morgan fingerprint density at radius 3 is 2.23 bits per heavy atom. The number of benzene rings is 1. The van der Waals surface area contributed by atoms with Crippen molar-refractivity contribution < 1.29 is 9.18 Å². The summed E-state index contributed by atoms with van der Waals surface area (Å²) in [6, 6.07) is 6.46. The van der Waals surface area contributed by atoms with E-state index in [2.05, 4.69) is 37.7 Å². The number of hydrogen-bond donors (Lipinski definition) is 0. The third kappa shape index (κ3) is 4.05. The summed E-state index contributed by atoms with van der Waals surface area (Å²) in [6.07, 6.45) is 0. The number of hydrogen-bond acceptors (Lipinski definition) is 3. The highest BCUT2D eigenvalue weighted by atomic mass is 19.1. The van der Waals surface area contributed by atoms with Gasteiger partial charge in [0.15, 0.2) is 0 Å². The van der Waals surface area contributed by atoms with Gasteiger partial charge in [-0.2, -0.15) is 0 Å². The highest BCUT2D eigenvalue weighted by Gasteiger charge is 2.31. The normalized spacial score (nSPS) is 23.1. The first kappa shape index (κ1) is 16.9. The SMILES string of the molecule is CC1CN(C(=O)c2ccc(F)cc2)CC(C)N1CCN(C)C. The van der Waals surface area contributed by atoms with Crippen LogP contribution in [0.3, 0.4) is 0 Å². The van der Waals surface area contributed by atoms with E-state index in [1.165, 1.54) is 12.1 Å². The van der Waals surface area contributed by atoms with Gasteiger partial charge in [-0.3, -0.25) is 9.69 Å². The molecule has 1 saturated heterocycles. The Labute approximate surface area is 132 Å². The van der Waals surface area contributed by atoms with Gasteiger partial charge in [0, 0.05) is 43.8 Å². The van der Waals surface area contributed by atoms with Crippen LogP contribution in [0.15, 0.2) is 24.3 Å². The molecule has 1 fully saturated rings. The van der Waals surface area contributed by atoms with Crippen LogP contribution in [0.5, 0.6) is 0 Å². The van der Waals surface area contributed by atoms with Crippen LogP contribution in [-0.2, 0) is 0 Å². The molecule has 1 aromatic rings. The number of carbonyl (C=O) groups excluding carboxylic acids is 1. The molecular formula is C17H26FN3O. The Bertz CT molecular complexity index is 491. The number of carbonyl (C=O) groups is 1. The van der Waals surface area contributed by atoms with Gasteiger partial charge in [-0.1, -0.05) is 0 Å². The highest BCUT2D eigenvalue weighted by Crippen LogP contribution is 2.18. The van der Waals surface area contributed by atoms with Gasteiger partial charge in [-0.15, -0.1) is 0 Å². The fourth-order valence-electron chi connectivity index (χ4n) is 3.05. The Balaban J connectivity index is 2.01. The van der Waals surface area contributed by atoms with Crippen LogP contribution < -0.4 is 0 Å². The standard InChI is InChI=1S/C17H26FN3O/c1-13-11-20(12-14(2)21(13)10-9-19(3)4)17(22)15-5-7-16(18)8-6-15/h5-8,13-14H,9-12H2,1-4H3. The third-order valence-electron chi connectivity index (χ3n) is 4.29. The van der Waals surface area contributed by atoms with Crippen LogP contribution in [0, 0.1) is 5.82 Å². The van der Waals surface area contributed by atoms with Crippen molar-refractivity contribution in [2.75, 3.05) is 40.3 Å².